The van der Waals surface area contributed by atoms with E-state index in [-0.39, 0.29) is 71.0 Å². The molecule has 6 aliphatic rings. The highest BCUT2D eigenvalue weighted by atomic mass is 32.1. The van der Waals surface area contributed by atoms with E-state index in [4.69, 9.17) is 0 Å². The van der Waals surface area contributed by atoms with E-state index >= 15 is 28.8 Å². The van der Waals surface area contributed by atoms with Crippen LogP contribution in [0.3, 0.4) is 0 Å². The van der Waals surface area contributed by atoms with E-state index < -0.39 is 0 Å². The lowest BCUT2D eigenvalue weighted by atomic mass is 9.98. The van der Waals surface area contributed by atoms with Crippen molar-refractivity contribution in [3.63, 3.8) is 0 Å². The third kappa shape index (κ3) is 21.5. The molecule has 6 unspecified atom stereocenters. The van der Waals surface area contributed by atoms with Crippen LogP contribution in [0.2, 0.25) is 0 Å². The number of hydrogen-bond acceptors (Lipinski definition) is 13. The minimum atomic E-state index is -0.0911. The SMILES string of the molecule is CCCCC(CC)CN1C(=O)C2=C(c3ccc(-c4ccc(N(c5ccc(-c6ccc(C7=C8C(=O)N(CC(CC)CCCC)C(c9ccc(-c%10ccccc%10)s9)=C8C(=O)N7CC(CC)CCCC)s6)cc5)c5ccc(-c6ccc(C7=C8C(=O)N(CC(CC)CCCC)C(c9ccc(-c%10ccccc%10)s9)=C8C(=O)N7CC(CC)CCCC)s6)cc5)cc4)s3)N(CC(CC)CCCC)C(=O)C2=C1c1ccc(-c2ccccc2)s1. The van der Waals surface area contributed by atoms with E-state index in [1.807, 2.05) is 47.6 Å². The van der Waals surface area contributed by atoms with Crippen molar-refractivity contribution < 1.29 is 28.8 Å². The zero-order valence-electron chi connectivity index (χ0n) is 86.7. The Bertz CT molecular complexity index is 6190. The topological polar surface area (TPSA) is 125 Å². The van der Waals surface area contributed by atoms with E-state index in [0.29, 0.717) is 72.7 Å². The van der Waals surface area contributed by atoms with Crippen LogP contribution in [0.4, 0.5) is 17.1 Å². The fourth-order valence-electron chi connectivity index (χ4n) is 22.1. The summed E-state index contributed by atoms with van der Waals surface area (Å²) in [7, 11) is 0. The monoisotopic (exact) mass is 2040 g/mol. The number of unbranched alkanes of at least 4 members (excludes halogenated alkanes) is 6. The quantitative estimate of drug-likeness (QED) is 0.0372. The Labute approximate surface area is 884 Å². The Morgan fingerprint density at radius 2 is 0.345 bits per heavy atom. The number of nitrogens with zero attached hydrogens (tertiary/aromatic N) is 7. The average molecular weight is 2040 g/mol. The number of amides is 6. The lowest BCUT2D eigenvalue weighted by Gasteiger charge is -2.29. The third-order valence-electron chi connectivity index (χ3n) is 30.9. The van der Waals surface area contributed by atoms with Gasteiger partial charge >= 0.3 is 0 Å². The molecule has 0 radical (unpaired) electrons. The molecule has 0 fully saturated rings. The van der Waals surface area contributed by atoms with Crippen molar-refractivity contribution in [2.75, 3.05) is 44.2 Å². The first kappa shape index (κ1) is 104. The van der Waals surface area contributed by atoms with E-state index in [1.165, 1.54) is 0 Å². The number of rotatable bonds is 51. The van der Waals surface area contributed by atoms with Crippen LogP contribution >= 0.6 is 68.0 Å². The Hall–Kier alpha value is -11.4. The molecule has 0 aliphatic carbocycles. The summed E-state index contributed by atoms with van der Waals surface area (Å²) in [6.07, 6.45) is 24.2. The van der Waals surface area contributed by atoms with Crippen molar-refractivity contribution in [1.29, 1.82) is 0 Å². The van der Waals surface area contributed by atoms with Gasteiger partial charge in [0.05, 0.1) is 96.9 Å². The maximum atomic E-state index is 16.0. The van der Waals surface area contributed by atoms with Crippen LogP contribution in [0.25, 0.3) is 96.8 Å². The van der Waals surface area contributed by atoms with Crippen LogP contribution in [-0.4, -0.2) is 104 Å². The summed E-state index contributed by atoms with van der Waals surface area (Å²) in [5, 5.41) is 0. The molecule has 0 saturated carbocycles. The summed E-state index contributed by atoms with van der Waals surface area (Å²) in [6.45, 7) is 29.9. The normalized spacial score (nSPS) is 16.2. The molecule has 6 aliphatic heterocycles. The molecule has 6 atom stereocenters. The van der Waals surface area contributed by atoms with Crippen LogP contribution in [0, 0.1) is 35.5 Å². The number of thiophene rings is 6. The van der Waals surface area contributed by atoms with Gasteiger partial charge in [0, 0.05) is 85.6 Å². The zero-order chi connectivity index (χ0) is 101. The minimum absolute atomic E-state index is 0.0911. The minimum Gasteiger partial charge on any atom is -0.311 e. The number of anilines is 3. The molecule has 6 amide bonds. The second kappa shape index (κ2) is 47.6. The molecular weight excluding hydrogens is 1900 g/mol. The van der Waals surface area contributed by atoms with Gasteiger partial charge in [-0.2, -0.15) is 0 Å². The number of carbonyl (C=O) groups is 6. The van der Waals surface area contributed by atoms with E-state index in [2.05, 4.69) is 306 Å². The number of fused-ring (bicyclic) bond motifs is 3. The number of carbonyl (C=O) groups excluding carboxylic acids is 6. The van der Waals surface area contributed by atoms with Gasteiger partial charge in [-0.05, 0) is 217 Å². The Morgan fingerprint density at radius 1 is 0.193 bits per heavy atom. The molecule has 0 bridgehead atoms. The molecule has 145 heavy (non-hydrogen) atoms. The fourth-order valence-corrected chi connectivity index (χ4v) is 28.6. The summed E-state index contributed by atoms with van der Waals surface area (Å²) < 4.78 is 0. The first-order valence-electron chi connectivity index (χ1n) is 54.2. The molecule has 18 rings (SSSR count). The average Bonchev–Trinajstić information content (AvgIpc) is 1.56. The van der Waals surface area contributed by atoms with Gasteiger partial charge in [-0.3, -0.25) is 28.8 Å². The maximum absolute atomic E-state index is 16.0. The molecule has 6 aromatic carbocycles. The number of benzene rings is 6. The fraction of sp³-hybridized carbons (Fsp3) is 0.381. The Balaban J connectivity index is 0.735. The van der Waals surface area contributed by atoms with E-state index in [0.717, 1.165) is 297 Å². The largest absolute Gasteiger partial charge is 0.311 e. The van der Waals surface area contributed by atoms with Crippen molar-refractivity contribution in [2.45, 2.75) is 237 Å². The maximum Gasteiger partial charge on any atom is 0.261 e. The second-order valence-corrected chi connectivity index (χ2v) is 46.9. The Kier molecular flexibility index (Phi) is 34.0. The summed E-state index contributed by atoms with van der Waals surface area (Å²) in [4.78, 5) is 122. The number of hydrogen-bond donors (Lipinski definition) is 0. The molecule has 12 aromatic rings. The second-order valence-electron chi connectivity index (χ2n) is 40.4. The first-order chi connectivity index (χ1) is 70.9. The van der Waals surface area contributed by atoms with Crippen molar-refractivity contribution in [1.82, 2.24) is 29.4 Å². The first-order valence-corrected chi connectivity index (χ1v) is 59.1. The smallest absolute Gasteiger partial charge is 0.261 e. The predicted molar refractivity (Wildman–Crippen MR) is 612 cm³/mol. The molecule has 0 spiro atoms. The van der Waals surface area contributed by atoms with Gasteiger partial charge < -0.3 is 34.3 Å². The van der Waals surface area contributed by atoms with Gasteiger partial charge in [-0.1, -0.05) is 326 Å². The van der Waals surface area contributed by atoms with Crippen LogP contribution in [0.1, 0.15) is 266 Å². The summed E-state index contributed by atoms with van der Waals surface area (Å²) in [5.74, 6) is 0.945. The van der Waals surface area contributed by atoms with Crippen LogP contribution in [0.5, 0.6) is 0 Å². The van der Waals surface area contributed by atoms with Gasteiger partial charge in [-0.15, -0.1) is 68.0 Å². The summed E-state index contributed by atoms with van der Waals surface area (Å²) >= 11 is 9.88. The molecule has 19 heteroatoms. The summed E-state index contributed by atoms with van der Waals surface area (Å²) in [6, 6.07) is 83.4. The van der Waals surface area contributed by atoms with Crippen LogP contribution in [-0.2, 0) is 28.8 Å². The molecule has 0 N–H and O–H groups in total. The van der Waals surface area contributed by atoms with Crippen molar-refractivity contribution in [3.8, 4) is 62.6 Å². The highest BCUT2D eigenvalue weighted by molar-refractivity contribution is 7.18. The molecule has 13 nitrogen and oxygen atoms in total. The van der Waals surface area contributed by atoms with Gasteiger partial charge in [0.2, 0.25) is 0 Å². The van der Waals surface area contributed by atoms with Gasteiger partial charge in [0.1, 0.15) is 0 Å². The van der Waals surface area contributed by atoms with Crippen molar-refractivity contribution in [2.24, 2.45) is 35.5 Å². The Morgan fingerprint density at radius 3 is 0.497 bits per heavy atom. The van der Waals surface area contributed by atoms with Crippen LogP contribution < -0.4 is 4.90 Å². The standard InChI is InChI=1S/C126H141N7O6S6/c1-13-25-40-82(19-7)76-127-115(103-70-64-97(140-103)88-46-34-31-35-47-88)109-112(124(127)137)118(130(121(109)134)79-85(22-10)43-28-16-4)106-73-67-100(143-106)91-52-58-94(59-53-91)133(95-60-54-92(55-61-95)101-68-74-107(144-101)119-113-110(122(135)131(119)80-86(23-11)44-29-17-5)116(128(125(113)138)77-83(20-8)41-26-14-2)104-71-65-98(141-104)89-48-36-32-37-49-89)96-62-56-93(57-63-96)102-69-75-108(145-102)120-114-111(123(136)132(120)81-87(24-12)45-30-18-6)117(129(126(114)139)78-84(21-9)42-27-15-3)105-72-66-99(142-105)90-50-38-33-39-51-90/h31-39,46-75,82-87H,13-30,40-45,76-81H2,1-12H3. The van der Waals surface area contributed by atoms with E-state index in [1.54, 1.807) is 68.0 Å². The summed E-state index contributed by atoms with van der Waals surface area (Å²) in [5.41, 5.74) is 16.6. The van der Waals surface area contributed by atoms with Crippen LogP contribution in [0.15, 0.2) is 270 Å². The van der Waals surface area contributed by atoms with Crippen molar-refractivity contribution >= 4 is 155 Å². The zero-order valence-corrected chi connectivity index (χ0v) is 91.6. The van der Waals surface area contributed by atoms with Crippen molar-refractivity contribution in [3.05, 3.63) is 299 Å². The molecule has 12 heterocycles. The lowest BCUT2D eigenvalue weighted by molar-refractivity contribution is -0.124. The highest BCUT2D eigenvalue weighted by Gasteiger charge is 2.54. The predicted octanol–water partition coefficient (Wildman–Crippen LogP) is 34.2. The third-order valence-corrected chi connectivity index (χ3v) is 37.7. The molecular formula is C126H141N7O6S6. The van der Waals surface area contributed by atoms with Gasteiger partial charge in [0.25, 0.3) is 35.4 Å². The van der Waals surface area contributed by atoms with Gasteiger partial charge in [0.15, 0.2) is 0 Å². The molecule has 752 valence electrons. The lowest BCUT2D eigenvalue weighted by Crippen LogP contribution is -2.34. The van der Waals surface area contributed by atoms with E-state index in [9.17, 15) is 0 Å². The molecule has 0 saturated heterocycles. The molecule has 6 aromatic heterocycles. The van der Waals surface area contributed by atoms with Gasteiger partial charge in [-0.25, -0.2) is 0 Å². The highest BCUT2D eigenvalue weighted by Crippen LogP contribution is 2.57.